The van der Waals surface area contributed by atoms with Crippen LogP contribution in [-0.4, -0.2) is 62.4 Å². The Balaban J connectivity index is -0.00000000635. The van der Waals surface area contributed by atoms with Crippen LogP contribution >= 0.6 is 13.5 Å². The number of rotatable bonds is 1. The predicted octanol–water partition coefficient (Wildman–Crippen LogP) is -11.1. The summed E-state index contributed by atoms with van der Waals surface area (Å²) in [7, 11) is -11.7. The fourth-order valence-electron chi connectivity index (χ4n) is 0. The van der Waals surface area contributed by atoms with Crippen molar-refractivity contribution in [3.63, 3.8) is 0 Å². The van der Waals surface area contributed by atoms with Crippen LogP contribution in [0.15, 0.2) is 0 Å². The van der Waals surface area contributed by atoms with Gasteiger partial charge in [0, 0.05) is 11.2 Å². The second kappa shape index (κ2) is 29.5. The van der Waals surface area contributed by atoms with Crippen LogP contribution in [-0.2, 0) is 39.5 Å². The molecule has 0 aromatic carbocycles. The summed E-state index contributed by atoms with van der Waals surface area (Å²) in [4.78, 5) is 0. The normalized spacial score (nSPS) is 8.60. The monoisotopic (exact) mass is 432 g/mol. The summed E-state index contributed by atoms with van der Waals surface area (Å²) < 4.78 is 67.0. The predicted molar refractivity (Wildman–Crippen MR) is 73.8 cm³/mol. The SMILES string of the molecule is O.O.O.O.O.O=S(O)(O)=S.O=S(O)S(=O)(=O)O.S.[H-].[H-].[Na+].[Na+]. The van der Waals surface area contributed by atoms with E-state index in [0.29, 0.717) is 0 Å². The topological polar surface area (TPSA) is 307 Å². The van der Waals surface area contributed by atoms with E-state index >= 15 is 0 Å². The van der Waals surface area contributed by atoms with Crippen molar-refractivity contribution in [1.82, 2.24) is 0 Å². The van der Waals surface area contributed by atoms with Gasteiger partial charge < -0.3 is 30.2 Å². The minimum Gasteiger partial charge on any atom is -1.00 e. The van der Waals surface area contributed by atoms with Crippen molar-refractivity contribution in [3.8, 4) is 0 Å². The Hall–Kier alpha value is 2.46. The third kappa shape index (κ3) is 108. The maximum atomic E-state index is 9.34. The van der Waals surface area contributed by atoms with Gasteiger partial charge in [0.05, 0.1) is 0 Å². The minimum absolute atomic E-state index is 0. The van der Waals surface area contributed by atoms with Crippen LogP contribution in [0, 0.1) is 0 Å². The molecule has 0 saturated carbocycles. The van der Waals surface area contributed by atoms with E-state index in [-0.39, 0.29) is 103 Å². The molecule has 0 aromatic rings. The molecule has 128 valence electrons. The summed E-state index contributed by atoms with van der Waals surface area (Å²) in [6.07, 6.45) is 0. The van der Waals surface area contributed by atoms with Crippen molar-refractivity contribution in [2.75, 3.05) is 0 Å². The molecule has 0 rings (SSSR count). The molecule has 0 heterocycles. The zero-order valence-corrected chi connectivity index (χ0v) is 18.3. The molecule has 0 saturated heterocycles. The van der Waals surface area contributed by atoms with Gasteiger partial charge in [-0.05, 0) is 0 Å². The average Bonchev–Trinajstić information content (AvgIpc) is 1.55. The van der Waals surface area contributed by atoms with Gasteiger partial charge in [0.1, 0.15) is 0 Å². The van der Waals surface area contributed by atoms with Gasteiger partial charge in [-0.2, -0.15) is 26.1 Å². The Kier molecular flexibility index (Phi) is 98.2. The molecule has 0 aliphatic heterocycles. The van der Waals surface area contributed by atoms with Crippen LogP contribution in [0.4, 0.5) is 0 Å². The summed E-state index contributed by atoms with van der Waals surface area (Å²) in [5.41, 5.74) is 0. The maximum absolute atomic E-state index is 9.34. The standard InChI is InChI=1S/2Na.H2O5S2.H2O3S2.5H2O.H2S.2H/c;;1-6(2)7(3,4)5;1-5(2,3)4;;;;;;;;/h;;(H,1,2)(H,3,4,5);(H2,1,2,3,4);6*1H2;;/q2*+1;;;;;;;;;2*-1. The van der Waals surface area contributed by atoms with E-state index in [0.717, 1.165) is 0 Å². The summed E-state index contributed by atoms with van der Waals surface area (Å²) in [5.74, 6) is 0. The van der Waals surface area contributed by atoms with E-state index in [1.165, 1.54) is 0 Å². The van der Waals surface area contributed by atoms with Crippen LogP contribution < -0.4 is 59.1 Å². The van der Waals surface area contributed by atoms with E-state index in [2.05, 4.69) is 11.2 Å². The van der Waals surface area contributed by atoms with E-state index in [1.54, 1.807) is 0 Å². The smallest absolute Gasteiger partial charge is 1.00 e. The van der Waals surface area contributed by atoms with Crippen LogP contribution in [0.1, 0.15) is 2.85 Å². The van der Waals surface area contributed by atoms with E-state index < -0.39 is 28.3 Å². The maximum Gasteiger partial charge on any atom is 1.00 e. The van der Waals surface area contributed by atoms with Crippen molar-refractivity contribution in [3.05, 3.63) is 0 Å². The number of hydrogen-bond acceptors (Lipinski definition) is 5. The Labute approximate surface area is 175 Å². The molecular formula is H18Na2O13S5. The Morgan fingerprint density at radius 2 is 0.900 bits per heavy atom. The molecule has 14 N–H and O–H groups in total. The number of hydrogen-bond donors (Lipinski definition) is 4. The average molecular weight is 432 g/mol. The second-order valence-electron chi connectivity index (χ2n) is 1.09. The molecule has 0 amide bonds. The molecule has 0 aliphatic carbocycles. The first-order valence-electron chi connectivity index (χ1n) is 1.73. The van der Waals surface area contributed by atoms with Gasteiger partial charge in [0.2, 0.25) is 0 Å². The minimum atomic E-state index is -4.71. The van der Waals surface area contributed by atoms with Gasteiger partial charge >= 0.3 is 78.4 Å². The second-order valence-corrected chi connectivity index (χ2v) is 6.70. The van der Waals surface area contributed by atoms with E-state index in [4.69, 9.17) is 22.4 Å². The van der Waals surface area contributed by atoms with Crippen molar-refractivity contribution in [2.45, 2.75) is 0 Å². The molecule has 20 heavy (non-hydrogen) atoms. The van der Waals surface area contributed by atoms with Gasteiger partial charge in [0.25, 0.3) is 9.05 Å². The summed E-state index contributed by atoms with van der Waals surface area (Å²) in [6.45, 7) is 0. The largest absolute Gasteiger partial charge is 1.00 e. The van der Waals surface area contributed by atoms with E-state index in [1.807, 2.05) is 0 Å². The molecule has 1 unspecified atom stereocenters. The van der Waals surface area contributed by atoms with Gasteiger partial charge in [-0.1, -0.05) is 0 Å². The fourth-order valence-corrected chi connectivity index (χ4v) is 0. The third-order valence-corrected chi connectivity index (χ3v) is 1.62. The molecule has 20 heteroatoms. The van der Waals surface area contributed by atoms with Gasteiger partial charge in [-0.3, -0.25) is 18.2 Å². The quantitative estimate of drug-likeness (QED) is 0.132. The van der Waals surface area contributed by atoms with Gasteiger partial charge in [-0.15, -0.1) is 0 Å². The Morgan fingerprint density at radius 1 is 0.850 bits per heavy atom. The molecule has 0 fully saturated rings. The first kappa shape index (κ1) is 66.6. The fraction of sp³-hybridized carbons (Fsp3) is 0. The zero-order chi connectivity index (χ0) is 10.6. The molecule has 1 atom stereocenters. The Morgan fingerprint density at radius 3 is 0.900 bits per heavy atom. The summed E-state index contributed by atoms with van der Waals surface area (Å²) >= 11 is 3.47. The third-order valence-electron chi connectivity index (χ3n) is 0.180. The first-order valence-corrected chi connectivity index (χ1v) is 7.19. The van der Waals surface area contributed by atoms with Crippen LogP contribution in [0.2, 0.25) is 0 Å². The van der Waals surface area contributed by atoms with E-state index in [9.17, 15) is 12.6 Å². The molecule has 0 bridgehead atoms. The van der Waals surface area contributed by atoms with Crippen molar-refractivity contribution >= 4 is 53.0 Å². The molecule has 0 aromatic heterocycles. The van der Waals surface area contributed by atoms with Crippen molar-refractivity contribution in [2.24, 2.45) is 0 Å². The molecule has 0 aliphatic rings. The summed E-state index contributed by atoms with van der Waals surface area (Å²) in [5, 5.41) is 0. The summed E-state index contributed by atoms with van der Waals surface area (Å²) in [6, 6.07) is 0. The van der Waals surface area contributed by atoms with Crippen molar-refractivity contribution in [1.29, 1.82) is 0 Å². The first-order chi connectivity index (χ1) is 4.94. The van der Waals surface area contributed by atoms with Crippen LogP contribution in [0.25, 0.3) is 0 Å². The van der Waals surface area contributed by atoms with Gasteiger partial charge in [0.15, 0.2) is 0 Å². The zero-order valence-electron chi connectivity index (χ0n) is 12.1. The van der Waals surface area contributed by atoms with Crippen LogP contribution in [0.3, 0.4) is 0 Å². The molecular weight excluding hydrogens is 414 g/mol. The van der Waals surface area contributed by atoms with Crippen LogP contribution in [0.5, 0.6) is 0 Å². The molecule has 0 radical (unpaired) electrons. The van der Waals surface area contributed by atoms with Crippen molar-refractivity contribution < 1.29 is 124 Å². The molecule has 0 spiro atoms. The Bertz CT molecular complexity index is 343. The van der Waals surface area contributed by atoms with Gasteiger partial charge in [-0.25, -0.2) is 4.21 Å². The molecule has 13 nitrogen and oxygen atoms in total.